The average molecular weight is 387 g/mol. The van der Waals surface area contributed by atoms with Gasteiger partial charge in [0.2, 0.25) is 0 Å². The van der Waals surface area contributed by atoms with Crippen LogP contribution in [0.1, 0.15) is 18.0 Å². The van der Waals surface area contributed by atoms with E-state index in [1.807, 2.05) is 54.6 Å². The lowest BCUT2D eigenvalue weighted by molar-refractivity contribution is -0.384. The fourth-order valence-corrected chi connectivity index (χ4v) is 3.45. The summed E-state index contributed by atoms with van der Waals surface area (Å²) in [5.41, 5.74) is 3.99. The van der Waals surface area contributed by atoms with Crippen LogP contribution in [0.15, 0.2) is 79.1 Å². The third-order valence-electron chi connectivity index (χ3n) is 4.88. The molecule has 0 bridgehead atoms. The van der Waals surface area contributed by atoms with Crippen molar-refractivity contribution in [2.75, 3.05) is 0 Å². The second-order valence-corrected chi connectivity index (χ2v) is 6.68. The van der Waals surface area contributed by atoms with Gasteiger partial charge in [0.1, 0.15) is 0 Å². The van der Waals surface area contributed by atoms with Crippen LogP contribution in [0.5, 0.6) is 0 Å². The van der Waals surface area contributed by atoms with E-state index in [1.54, 1.807) is 10.6 Å². The normalized spacial score (nSPS) is 12.0. The second kappa shape index (κ2) is 7.55. The predicted octanol–water partition coefficient (Wildman–Crippen LogP) is 4.68. The number of nitro groups is 1. The van der Waals surface area contributed by atoms with Crippen LogP contribution in [-0.4, -0.2) is 25.6 Å². The van der Waals surface area contributed by atoms with Gasteiger partial charge in [0, 0.05) is 12.1 Å². The van der Waals surface area contributed by atoms with E-state index in [0.29, 0.717) is 11.0 Å². The van der Waals surface area contributed by atoms with E-state index in [-0.39, 0.29) is 12.1 Å². The molecule has 1 heterocycles. The minimum absolute atomic E-state index is 0.0512. The summed E-state index contributed by atoms with van der Waals surface area (Å²) >= 11 is 0. The molecule has 1 atom stereocenters. The Kier molecular flexibility index (Phi) is 4.78. The van der Waals surface area contributed by atoms with E-state index >= 15 is 0 Å². The number of carbonyl (C=O) groups is 1. The van der Waals surface area contributed by atoms with Gasteiger partial charge in [-0.1, -0.05) is 54.6 Å². The van der Waals surface area contributed by atoms with Gasteiger partial charge < -0.3 is 9.67 Å². The van der Waals surface area contributed by atoms with Crippen molar-refractivity contribution in [3.8, 4) is 11.1 Å². The largest absolute Gasteiger partial charge is 0.481 e. The molecule has 29 heavy (non-hydrogen) atoms. The van der Waals surface area contributed by atoms with Crippen LogP contribution in [-0.2, 0) is 4.79 Å². The maximum absolute atomic E-state index is 11.5. The SMILES string of the molecule is O=C(O)CC(c1ccc(-c2ccccc2)cc1)n1cnc2cc([N+](=O)[O-])ccc21. The van der Waals surface area contributed by atoms with Gasteiger partial charge in [-0.2, -0.15) is 0 Å². The van der Waals surface area contributed by atoms with Crippen LogP contribution < -0.4 is 0 Å². The molecule has 0 aliphatic rings. The van der Waals surface area contributed by atoms with Gasteiger partial charge in [0.15, 0.2) is 0 Å². The van der Waals surface area contributed by atoms with Crippen molar-refractivity contribution in [2.24, 2.45) is 0 Å². The number of benzene rings is 3. The summed E-state index contributed by atoms with van der Waals surface area (Å²) < 4.78 is 1.75. The monoisotopic (exact) mass is 387 g/mol. The third kappa shape index (κ3) is 3.70. The molecule has 0 aliphatic heterocycles. The molecule has 0 saturated carbocycles. The number of fused-ring (bicyclic) bond motifs is 1. The maximum Gasteiger partial charge on any atom is 0.305 e. The Bertz CT molecular complexity index is 1180. The highest BCUT2D eigenvalue weighted by Crippen LogP contribution is 2.30. The van der Waals surface area contributed by atoms with Crippen LogP contribution in [0.3, 0.4) is 0 Å². The van der Waals surface area contributed by atoms with Crippen LogP contribution in [0.4, 0.5) is 5.69 Å². The van der Waals surface area contributed by atoms with Crippen LogP contribution >= 0.6 is 0 Å². The molecular weight excluding hydrogens is 370 g/mol. The molecule has 1 N–H and O–H groups in total. The summed E-state index contributed by atoms with van der Waals surface area (Å²) in [6.07, 6.45) is 1.40. The molecular formula is C22H17N3O4. The number of rotatable bonds is 6. The van der Waals surface area contributed by atoms with Gasteiger partial charge in [0.05, 0.1) is 34.7 Å². The van der Waals surface area contributed by atoms with Gasteiger partial charge in [-0.05, 0) is 22.8 Å². The summed E-state index contributed by atoms with van der Waals surface area (Å²) in [6, 6.07) is 21.6. The summed E-state index contributed by atoms with van der Waals surface area (Å²) in [4.78, 5) is 26.3. The van der Waals surface area contributed by atoms with Crippen LogP contribution in [0, 0.1) is 10.1 Å². The number of nitrogens with zero attached hydrogens (tertiary/aromatic N) is 3. The zero-order chi connectivity index (χ0) is 20.4. The van der Waals surface area contributed by atoms with E-state index in [4.69, 9.17) is 0 Å². The number of aliphatic carboxylic acids is 1. The van der Waals surface area contributed by atoms with E-state index in [9.17, 15) is 20.0 Å². The Morgan fingerprint density at radius 3 is 2.38 bits per heavy atom. The van der Waals surface area contributed by atoms with Crippen molar-refractivity contribution in [3.63, 3.8) is 0 Å². The summed E-state index contributed by atoms with van der Waals surface area (Å²) in [6.45, 7) is 0. The third-order valence-corrected chi connectivity index (χ3v) is 4.88. The Labute approximate surface area is 166 Å². The number of imidazole rings is 1. The first kappa shape index (κ1) is 18.4. The van der Waals surface area contributed by atoms with Gasteiger partial charge in [-0.25, -0.2) is 4.98 Å². The lowest BCUT2D eigenvalue weighted by atomic mass is 9.99. The first-order valence-electron chi connectivity index (χ1n) is 9.01. The molecule has 0 amide bonds. The number of carboxylic acids is 1. The zero-order valence-electron chi connectivity index (χ0n) is 15.3. The Balaban J connectivity index is 1.74. The zero-order valence-corrected chi connectivity index (χ0v) is 15.3. The summed E-state index contributed by atoms with van der Waals surface area (Å²) in [7, 11) is 0. The summed E-state index contributed by atoms with van der Waals surface area (Å²) in [5.74, 6) is -0.939. The number of carboxylic acid groups (broad SMARTS) is 1. The highest BCUT2D eigenvalue weighted by atomic mass is 16.6. The first-order chi connectivity index (χ1) is 14.0. The van der Waals surface area contributed by atoms with Crippen molar-refractivity contribution in [3.05, 3.63) is 94.8 Å². The highest BCUT2D eigenvalue weighted by molar-refractivity contribution is 5.79. The number of aromatic nitrogens is 2. The predicted molar refractivity (Wildman–Crippen MR) is 109 cm³/mol. The molecule has 1 aromatic heterocycles. The first-order valence-corrected chi connectivity index (χ1v) is 9.01. The van der Waals surface area contributed by atoms with Gasteiger partial charge >= 0.3 is 5.97 Å². The number of hydrogen-bond donors (Lipinski definition) is 1. The minimum atomic E-state index is -0.939. The average Bonchev–Trinajstić information content (AvgIpc) is 3.16. The molecule has 0 fully saturated rings. The molecule has 1 unspecified atom stereocenters. The fourth-order valence-electron chi connectivity index (χ4n) is 3.45. The standard InChI is InChI=1S/C22H17N3O4/c26-22(27)13-21(17-8-6-16(7-9-17)15-4-2-1-3-5-15)24-14-23-19-12-18(25(28)29)10-11-20(19)24/h1-12,14,21H,13H2,(H,26,27). The highest BCUT2D eigenvalue weighted by Gasteiger charge is 2.21. The van der Waals surface area contributed by atoms with Gasteiger partial charge in [-0.15, -0.1) is 0 Å². The molecule has 0 radical (unpaired) electrons. The van der Waals surface area contributed by atoms with Gasteiger partial charge in [0.25, 0.3) is 5.69 Å². The fraction of sp³-hybridized carbons (Fsp3) is 0.0909. The maximum atomic E-state index is 11.5. The Morgan fingerprint density at radius 1 is 1.03 bits per heavy atom. The molecule has 4 aromatic rings. The second-order valence-electron chi connectivity index (χ2n) is 6.68. The van der Waals surface area contributed by atoms with E-state index in [1.165, 1.54) is 18.5 Å². The quantitative estimate of drug-likeness (QED) is 0.383. The number of nitro benzene ring substituents is 1. The van der Waals surface area contributed by atoms with Crippen molar-refractivity contribution < 1.29 is 14.8 Å². The molecule has 3 aromatic carbocycles. The van der Waals surface area contributed by atoms with Crippen LogP contribution in [0.2, 0.25) is 0 Å². The van der Waals surface area contributed by atoms with Gasteiger partial charge in [-0.3, -0.25) is 14.9 Å². The van der Waals surface area contributed by atoms with Crippen LogP contribution in [0.25, 0.3) is 22.2 Å². The van der Waals surface area contributed by atoms with E-state index in [2.05, 4.69) is 4.98 Å². The Morgan fingerprint density at radius 2 is 1.72 bits per heavy atom. The topological polar surface area (TPSA) is 98.3 Å². The lowest BCUT2D eigenvalue weighted by Gasteiger charge is -2.19. The van der Waals surface area contributed by atoms with E-state index < -0.39 is 16.9 Å². The van der Waals surface area contributed by atoms with Crippen molar-refractivity contribution >= 4 is 22.7 Å². The molecule has 0 saturated heterocycles. The number of hydrogen-bond acceptors (Lipinski definition) is 4. The van der Waals surface area contributed by atoms with Crippen molar-refractivity contribution in [1.29, 1.82) is 0 Å². The minimum Gasteiger partial charge on any atom is -0.481 e. The smallest absolute Gasteiger partial charge is 0.305 e. The Hall–Kier alpha value is -4.00. The van der Waals surface area contributed by atoms with E-state index in [0.717, 1.165) is 16.7 Å². The number of non-ortho nitro benzene ring substituents is 1. The lowest BCUT2D eigenvalue weighted by Crippen LogP contribution is -2.14. The molecule has 0 aliphatic carbocycles. The van der Waals surface area contributed by atoms with Crippen molar-refractivity contribution in [2.45, 2.75) is 12.5 Å². The summed E-state index contributed by atoms with van der Waals surface area (Å²) in [5, 5.41) is 20.4. The molecule has 7 nitrogen and oxygen atoms in total. The molecule has 4 rings (SSSR count). The van der Waals surface area contributed by atoms with Crippen molar-refractivity contribution in [1.82, 2.24) is 9.55 Å². The molecule has 0 spiro atoms. The molecule has 7 heteroatoms. The molecule has 144 valence electrons.